The molecule has 0 aliphatic heterocycles. The topological polar surface area (TPSA) is 121 Å². The molecule has 126 valence electrons. The van der Waals surface area contributed by atoms with Crippen LogP contribution in [0.15, 0.2) is 47.1 Å². The van der Waals surface area contributed by atoms with Gasteiger partial charge >= 0.3 is 5.97 Å². The molecule has 0 fully saturated rings. The predicted molar refractivity (Wildman–Crippen MR) is 82.0 cm³/mol. The van der Waals surface area contributed by atoms with E-state index in [1.54, 1.807) is 24.3 Å². The summed E-state index contributed by atoms with van der Waals surface area (Å²) in [7, 11) is 0. The molecule has 8 heteroatoms. The van der Waals surface area contributed by atoms with Crippen molar-refractivity contribution in [3.05, 3.63) is 54.0 Å². The SMILES string of the molecule is NC(=O)c1ccccc1OCC(=O)OCC(=O)NCc1ccco1. The van der Waals surface area contributed by atoms with E-state index >= 15 is 0 Å². The summed E-state index contributed by atoms with van der Waals surface area (Å²) < 4.78 is 15.0. The number of amides is 2. The molecule has 8 nitrogen and oxygen atoms in total. The van der Waals surface area contributed by atoms with E-state index in [9.17, 15) is 14.4 Å². The van der Waals surface area contributed by atoms with Gasteiger partial charge in [-0.3, -0.25) is 9.59 Å². The number of nitrogens with one attached hydrogen (secondary N) is 1. The van der Waals surface area contributed by atoms with Gasteiger partial charge in [0.15, 0.2) is 13.2 Å². The minimum atomic E-state index is -0.748. The molecule has 0 unspecified atom stereocenters. The van der Waals surface area contributed by atoms with Crippen LogP contribution in [0.1, 0.15) is 16.1 Å². The Kier molecular flexibility index (Phi) is 5.95. The third kappa shape index (κ3) is 5.16. The molecule has 1 heterocycles. The zero-order chi connectivity index (χ0) is 17.4. The van der Waals surface area contributed by atoms with Crippen LogP contribution in [0.2, 0.25) is 0 Å². The summed E-state index contributed by atoms with van der Waals surface area (Å²) in [6.07, 6.45) is 1.49. The number of carbonyl (C=O) groups is 3. The summed E-state index contributed by atoms with van der Waals surface area (Å²) in [6, 6.07) is 9.64. The van der Waals surface area contributed by atoms with Gasteiger partial charge in [-0.1, -0.05) is 12.1 Å². The molecule has 3 N–H and O–H groups in total. The minimum Gasteiger partial charge on any atom is -0.481 e. The second-order valence-corrected chi connectivity index (χ2v) is 4.67. The molecule has 0 aliphatic rings. The Bertz CT molecular complexity index is 711. The largest absolute Gasteiger partial charge is 0.481 e. The van der Waals surface area contributed by atoms with Crippen LogP contribution in [0.3, 0.4) is 0 Å². The molecule has 0 aliphatic carbocycles. The standard InChI is InChI=1S/C16H16N2O6/c17-16(21)12-5-1-2-6-13(12)23-10-15(20)24-9-14(19)18-8-11-4-3-7-22-11/h1-7H,8-10H2,(H2,17,21)(H,18,19). The van der Waals surface area contributed by atoms with Crippen LogP contribution in [0.4, 0.5) is 0 Å². The maximum Gasteiger partial charge on any atom is 0.344 e. The summed E-state index contributed by atoms with van der Waals surface area (Å²) in [5.74, 6) is -1.14. The average Bonchev–Trinajstić information content (AvgIpc) is 3.10. The van der Waals surface area contributed by atoms with Crippen LogP contribution >= 0.6 is 0 Å². The van der Waals surface area contributed by atoms with E-state index in [0.717, 1.165) is 0 Å². The van der Waals surface area contributed by atoms with Gasteiger partial charge in [0.25, 0.3) is 11.8 Å². The van der Waals surface area contributed by atoms with Crippen molar-refractivity contribution in [2.45, 2.75) is 6.54 Å². The number of ether oxygens (including phenoxy) is 2. The lowest BCUT2D eigenvalue weighted by Crippen LogP contribution is -2.29. The Labute approximate surface area is 137 Å². The Balaban J connectivity index is 1.71. The molecule has 24 heavy (non-hydrogen) atoms. The predicted octanol–water partition coefficient (Wildman–Crippen LogP) is 0.617. The molecule has 0 bridgehead atoms. The molecule has 1 aromatic carbocycles. The van der Waals surface area contributed by atoms with Gasteiger partial charge in [-0.15, -0.1) is 0 Å². The van der Waals surface area contributed by atoms with Crippen molar-refractivity contribution in [3.8, 4) is 5.75 Å². The van der Waals surface area contributed by atoms with Crippen molar-refractivity contribution < 1.29 is 28.3 Å². The highest BCUT2D eigenvalue weighted by Gasteiger charge is 2.12. The maximum absolute atomic E-state index is 11.6. The molecule has 2 aromatic rings. The van der Waals surface area contributed by atoms with Crippen molar-refractivity contribution >= 4 is 17.8 Å². The first kappa shape index (κ1) is 17.1. The van der Waals surface area contributed by atoms with E-state index < -0.39 is 31.0 Å². The number of esters is 1. The number of hydrogen-bond acceptors (Lipinski definition) is 6. The van der Waals surface area contributed by atoms with Gasteiger partial charge in [-0.05, 0) is 24.3 Å². The van der Waals surface area contributed by atoms with Crippen LogP contribution in [0.5, 0.6) is 5.75 Å². The van der Waals surface area contributed by atoms with Crippen molar-refractivity contribution in [2.24, 2.45) is 5.73 Å². The quantitative estimate of drug-likeness (QED) is 0.684. The third-order valence-corrected chi connectivity index (χ3v) is 2.90. The second-order valence-electron chi connectivity index (χ2n) is 4.67. The Morgan fingerprint density at radius 1 is 1.08 bits per heavy atom. The number of nitrogens with two attached hydrogens (primary N) is 1. The lowest BCUT2D eigenvalue weighted by Gasteiger charge is -2.09. The number of rotatable bonds is 8. The highest BCUT2D eigenvalue weighted by atomic mass is 16.6. The summed E-state index contributed by atoms with van der Waals surface area (Å²) in [4.78, 5) is 34.3. The summed E-state index contributed by atoms with van der Waals surface area (Å²) >= 11 is 0. The van der Waals surface area contributed by atoms with E-state index in [1.165, 1.54) is 18.4 Å². The van der Waals surface area contributed by atoms with Crippen LogP contribution < -0.4 is 15.8 Å². The maximum atomic E-state index is 11.6. The molecule has 0 saturated heterocycles. The average molecular weight is 332 g/mol. The van der Waals surface area contributed by atoms with Crippen molar-refractivity contribution in [1.82, 2.24) is 5.32 Å². The van der Waals surface area contributed by atoms with Gasteiger partial charge < -0.3 is 24.9 Å². The number of furan rings is 1. The Morgan fingerprint density at radius 2 is 1.88 bits per heavy atom. The van der Waals surface area contributed by atoms with Gasteiger partial charge in [-0.25, -0.2) is 4.79 Å². The molecule has 0 saturated carbocycles. The van der Waals surface area contributed by atoms with Crippen LogP contribution in [-0.4, -0.2) is 31.0 Å². The van der Waals surface area contributed by atoms with Gasteiger partial charge in [-0.2, -0.15) is 0 Å². The van der Waals surface area contributed by atoms with E-state index in [0.29, 0.717) is 5.76 Å². The summed E-state index contributed by atoms with van der Waals surface area (Å²) in [5, 5.41) is 2.53. The van der Waals surface area contributed by atoms with Crippen LogP contribution in [-0.2, 0) is 20.9 Å². The third-order valence-electron chi connectivity index (χ3n) is 2.90. The molecule has 2 amide bonds. The van der Waals surface area contributed by atoms with Crippen LogP contribution in [0, 0.1) is 0 Å². The lowest BCUT2D eigenvalue weighted by atomic mass is 10.2. The molecule has 0 atom stereocenters. The van der Waals surface area contributed by atoms with Crippen LogP contribution in [0.25, 0.3) is 0 Å². The first-order valence-electron chi connectivity index (χ1n) is 7.02. The summed E-state index contributed by atoms with van der Waals surface area (Å²) in [5.41, 5.74) is 5.35. The number of benzene rings is 1. The van der Waals surface area contributed by atoms with E-state index in [1.807, 2.05) is 0 Å². The Morgan fingerprint density at radius 3 is 2.58 bits per heavy atom. The molecule has 0 radical (unpaired) electrons. The second kappa shape index (κ2) is 8.37. The number of para-hydroxylation sites is 1. The first-order chi connectivity index (χ1) is 11.6. The Hall–Kier alpha value is -3.29. The molecule has 1 aromatic heterocycles. The van der Waals surface area contributed by atoms with Gasteiger partial charge in [0, 0.05) is 0 Å². The number of primary amides is 1. The molecular weight excluding hydrogens is 316 g/mol. The molecule has 0 spiro atoms. The smallest absolute Gasteiger partial charge is 0.344 e. The normalized spacial score (nSPS) is 10.0. The zero-order valence-electron chi connectivity index (χ0n) is 12.7. The molecular formula is C16H16N2O6. The fourth-order valence-corrected chi connectivity index (χ4v) is 1.77. The van der Waals surface area contributed by atoms with Crippen molar-refractivity contribution in [1.29, 1.82) is 0 Å². The van der Waals surface area contributed by atoms with Crippen molar-refractivity contribution in [2.75, 3.05) is 13.2 Å². The molecule has 2 rings (SSSR count). The van der Waals surface area contributed by atoms with Crippen molar-refractivity contribution in [3.63, 3.8) is 0 Å². The number of hydrogen-bond donors (Lipinski definition) is 2. The highest BCUT2D eigenvalue weighted by Crippen LogP contribution is 2.16. The first-order valence-corrected chi connectivity index (χ1v) is 7.02. The number of carbonyl (C=O) groups excluding carboxylic acids is 3. The summed E-state index contributed by atoms with van der Waals surface area (Å²) in [6.45, 7) is -0.692. The van der Waals surface area contributed by atoms with E-state index in [4.69, 9.17) is 19.6 Å². The highest BCUT2D eigenvalue weighted by molar-refractivity contribution is 5.95. The van der Waals surface area contributed by atoms with Gasteiger partial charge in [0.05, 0.1) is 18.4 Å². The van der Waals surface area contributed by atoms with E-state index in [-0.39, 0.29) is 17.9 Å². The zero-order valence-corrected chi connectivity index (χ0v) is 12.7. The lowest BCUT2D eigenvalue weighted by molar-refractivity contribution is -0.150. The minimum absolute atomic E-state index is 0.154. The fraction of sp³-hybridized carbons (Fsp3) is 0.188. The monoisotopic (exact) mass is 332 g/mol. The van der Waals surface area contributed by atoms with Gasteiger partial charge in [0.1, 0.15) is 11.5 Å². The fourth-order valence-electron chi connectivity index (χ4n) is 1.77. The van der Waals surface area contributed by atoms with E-state index in [2.05, 4.69) is 5.32 Å². The van der Waals surface area contributed by atoms with Gasteiger partial charge in [0.2, 0.25) is 0 Å².